The van der Waals surface area contributed by atoms with Crippen molar-refractivity contribution in [3.05, 3.63) is 94.6 Å². The molecule has 0 saturated heterocycles. The van der Waals surface area contributed by atoms with Gasteiger partial charge in [0.2, 0.25) is 5.91 Å². The van der Waals surface area contributed by atoms with Crippen LogP contribution in [0.25, 0.3) is 5.70 Å². The van der Waals surface area contributed by atoms with E-state index in [-0.39, 0.29) is 33.6 Å². The van der Waals surface area contributed by atoms with Gasteiger partial charge in [0.15, 0.2) is 11.6 Å². The van der Waals surface area contributed by atoms with E-state index < -0.39 is 58.5 Å². The topological polar surface area (TPSA) is 84.5 Å². The number of hydrogen-bond acceptors (Lipinski definition) is 5. The van der Waals surface area contributed by atoms with Gasteiger partial charge in [-0.05, 0) is 30.3 Å². The van der Waals surface area contributed by atoms with Crippen molar-refractivity contribution in [2.75, 3.05) is 16.5 Å². The van der Waals surface area contributed by atoms with Gasteiger partial charge in [-0.3, -0.25) is 14.4 Å². The van der Waals surface area contributed by atoms with Crippen molar-refractivity contribution in [1.82, 2.24) is 0 Å². The van der Waals surface area contributed by atoms with Gasteiger partial charge in [-0.1, -0.05) is 30.8 Å². The van der Waals surface area contributed by atoms with Gasteiger partial charge in [0, 0.05) is 28.0 Å². The van der Waals surface area contributed by atoms with E-state index in [9.17, 15) is 40.7 Å². The fourth-order valence-electron chi connectivity index (χ4n) is 3.98. The number of amides is 1. The summed E-state index contributed by atoms with van der Waals surface area (Å²) in [5, 5.41) is 4.92. The monoisotopic (exact) mass is 568 g/mol. The number of rotatable bonds is 6. The molecule has 0 heterocycles. The first-order chi connectivity index (χ1) is 18.2. The molecule has 3 aromatic carbocycles. The van der Waals surface area contributed by atoms with E-state index in [4.69, 9.17) is 11.6 Å². The molecule has 0 fully saturated rings. The molecule has 0 bridgehead atoms. The molecule has 13 heteroatoms. The number of carbonyl (C=O) groups is 3. The third kappa shape index (κ3) is 5.60. The number of anilines is 2. The third-order valence-corrected chi connectivity index (χ3v) is 5.87. The Bertz CT molecular complexity index is 1530. The number of benzene rings is 3. The van der Waals surface area contributed by atoms with Crippen LogP contribution in [0.1, 0.15) is 43.0 Å². The molecule has 1 amide bonds. The number of nitrogens with one attached hydrogen (secondary N) is 2. The van der Waals surface area contributed by atoms with Crippen molar-refractivity contribution < 1.29 is 45.5 Å². The minimum Gasteiger partial charge on any atom is -0.405 e. The maximum Gasteiger partial charge on any atom is 0.573 e. The fraction of sp³-hybridized carbons (Fsp3) is 0.115. The normalized spacial score (nSPS) is 12.9. The molecule has 39 heavy (non-hydrogen) atoms. The zero-order chi connectivity index (χ0) is 28.7. The molecule has 0 spiro atoms. The van der Waals surface area contributed by atoms with Crippen molar-refractivity contribution in [3.63, 3.8) is 0 Å². The van der Waals surface area contributed by atoms with Crippen LogP contribution in [0.3, 0.4) is 0 Å². The number of ketones is 2. The van der Waals surface area contributed by atoms with Crippen LogP contribution in [0, 0.1) is 0 Å². The molecule has 0 aromatic heterocycles. The molecular formula is C26H15ClF6N2O4. The third-order valence-electron chi connectivity index (χ3n) is 5.62. The highest BCUT2D eigenvalue weighted by atomic mass is 35.5. The Morgan fingerprint density at radius 1 is 0.872 bits per heavy atom. The molecule has 4 rings (SSSR count). The number of carbonyl (C=O) groups excluding carboxylic acids is 3. The van der Waals surface area contributed by atoms with Gasteiger partial charge in [-0.2, -0.15) is 13.2 Å². The van der Waals surface area contributed by atoms with Gasteiger partial charge in [-0.25, -0.2) is 0 Å². The Balaban J connectivity index is 1.89. The average molecular weight is 569 g/mol. The molecule has 0 aliphatic heterocycles. The zero-order valence-corrected chi connectivity index (χ0v) is 20.1. The smallest absolute Gasteiger partial charge is 0.405 e. The van der Waals surface area contributed by atoms with Gasteiger partial charge >= 0.3 is 12.5 Å². The summed E-state index contributed by atoms with van der Waals surface area (Å²) in [6.45, 7) is 3.55. The van der Waals surface area contributed by atoms with Gasteiger partial charge in [-0.15, -0.1) is 24.8 Å². The molecule has 0 atom stereocenters. The standard InChI is InChI=1S/C26H15ClF6N2O4/c1-12(17-10-13(25(28,29)30)6-9-19(17)39-26(31,32)33)34-22-18(35-20(36)11-27)8-7-16-21(22)24(38)15-5-3-2-4-14(15)23(16)37/h2-10,34H,1,11H2,(H,35,36). The van der Waals surface area contributed by atoms with E-state index in [2.05, 4.69) is 21.9 Å². The Morgan fingerprint density at radius 2 is 1.51 bits per heavy atom. The number of alkyl halides is 7. The van der Waals surface area contributed by atoms with Crippen molar-refractivity contribution >= 4 is 46.1 Å². The molecule has 2 N–H and O–H groups in total. The van der Waals surface area contributed by atoms with E-state index in [0.717, 1.165) is 0 Å². The maximum absolute atomic E-state index is 13.5. The largest absolute Gasteiger partial charge is 0.573 e. The summed E-state index contributed by atoms with van der Waals surface area (Å²) in [5.74, 6) is -3.54. The molecule has 6 nitrogen and oxygen atoms in total. The maximum atomic E-state index is 13.5. The van der Waals surface area contributed by atoms with Crippen LogP contribution in [0.2, 0.25) is 0 Å². The van der Waals surface area contributed by atoms with Crippen molar-refractivity contribution in [1.29, 1.82) is 0 Å². The first kappa shape index (κ1) is 27.7. The lowest BCUT2D eigenvalue weighted by Gasteiger charge is -2.25. The second kappa shape index (κ2) is 10.1. The van der Waals surface area contributed by atoms with Crippen molar-refractivity contribution in [2.45, 2.75) is 12.5 Å². The van der Waals surface area contributed by atoms with Crippen LogP contribution >= 0.6 is 11.6 Å². The van der Waals surface area contributed by atoms with Gasteiger partial charge in [0.1, 0.15) is 11.6 Å². The molecule has 3 aromatic rings. The molecule has 0 unspecified atom stereocenters. The lowest BCUT2D eigenvalue weighted by molar-refractivity contribution is -0.274. The predicted molar refractivity (Wildman–Crippen MR) is 130 cm³/mol. The fourth-order valence-corrected chi connectivity index (χ4v) is 4.05. The lowest BCUT2D eigenvalue weighted by atomic mass is 9.82. The van der Waals surface area contributed by atoms with Crippen molar-refractivity contribution in [3.8, 4) is 5.75 Å². The minimum absolute atomic E-state index is 0.00430. The van der Waals surface area contributed by atoms with Gasteiger partial charge in [0.25, 0.3) is 0 Å². The van der Waals surface area contributed by atoms with E-state index in [1.54, 1.807) is 6.07 Å². The molecule has 1 aliphatic rings. The van der Waals surface area contributed by atoms with E-state index in [1.807, 2.05) is 0 Å². The summed E-state index contributed by atoms with van der Waals surface area (Å²) in [5.41, 5.74) is -3.34. The first-order valence-electron chi connectivity index (χ1n) is 10.9. The summed E-state index contributed by atoms with van der Waals surface area (Å²) in [4.78, 5) is 38.6. The number of hydrogen-bond donors (Lipinski definition) is 2. The Hall–Kier alpha value is -4.32. The van der Waals surface area contributed by atoms with Crippen molar-refractivity contribution in [2.24, 2.45) is 0 Å². The molecule has 1 aliphatic carbocycles. The van der Waals surface area contributed by atoms with E-state index in [1.165, 1.54) is 30.3 Å². The lowest BCUT2D eigenvalue weighted by Crippen LogP contribution is -2.24. The molecule has 202 valence electrons. The quantitative estimate of drug-likeness (QED) is 0.201. The van der Waals surface area contributed by atoms with Crippen LogP contribution in [-0.4, -0.2) is 29.7 Å². The summed E-state index contributed by atoms with van der Waals surface area (Å²) < 4.78 is 83.1. The molecular weight excluding hydrogens is 554 g/mol. The summed E-state index contributed by atoms with van der Waals surface area (Å²) in [6.07, 6.45) is -10.2. The Labute approximate surface area is 221 Å². The highest BCUT2D eigenvalue weighted by Crippen LogP contribution is 2.41. The SMILES string of the molecule is C=C(Nc1c(NC(=O)CCl)ccc2c1C(=O)c1ccccc1C2=O)c1cc(C(F)(F)F)ccc1OC(F)(F)F. The van der Waals surface area contributed by atoms with Crippen LogP contribution in [-0.2, 0) is 11.0 Å². The second-order valence-electron chi connectivity index (χ2n) is 8.16. The second-order valence-corrected chi connectivity index (χ2v) is 8.42. The minimum atomic E-state index is -5.26. The predicted octanol–water partition coefficient (Wildman–Crippen LogP) is 6.64. The van der Waals surface area contributed by atoms with Crippen LogP contribution < -0.4 is 15.4 Å². The molecule has 0 radical (unpaired) electrons. The Morgan fingerprint density at radius 3 is 2.10 bits per heavy atom. The number of halogens is 7. The Kier molecular flexibility index (Phi) is 7.17. The van der Waals surface area contributed by atoms with Crippen LogP contribution in [0.15, 0.2) is 61.2 Å². The number of ether oxygens (including phenoxy) is 1. The summed E-state index contributed by atoms with van der Waals surface area (Å²) in [7, 11) is 0. The number of fused-ring (bicyclic) bond motifs is 2. The van der Waals surface area contributed by atoms with Crippen LogP contribution in [0.4, 0.5) is 37.7 Å². The van der Waals surface area contributed by atoms with E-state index in [0.29, 0.717) is 18.2 Å². The average Bonchev–Trinajstić information content (AvgIpc) is 2.86. The highest BCUT2D eigenvalue weighted by Gasteiger charge is 2.37. The van der Waals surface area contributed by atoms with E-state index >= 15 is 0 Å². The van der Waals surface area contributed by atoms with Gasteiger partial charge < -0.3 is 15.4 Å². The van der Waals surface area contributed by atoms with Gasteiger partial charge in [0.05, 0.1) is 22.5 Å². The summed E-state index contributed by atoms with van der Waals surface area (Å²) >= 11 is 5.56. The summed E-state index contributed by atoms with van der Waals surface area (Å²) in [6, 6.07) is 9.59. The first-order valence-corrected chi connectivity index (χ1v) is 11.4. The highest BCUT2D eigenvalue weighted by molar-refractivity contribution is 6.32. The molecule has 0 saturated carbocycles. The van der Waals surface area contributed by atoms with Crippen LogP contribution in [0.5, 0.6) is 5.75 Å². The zero-order valence-electron chi connectivity index (χ0n) is 19.4.